The fourth-order valence-corrected chi connectivity index (χ4v) is 2.50. The predicted octanol–water partition coefficient (Wildman–Crippen LogP) is 4.67. The first kappa shape index (κ1) is 19.1. The van der Waals surface area contributed by atoms with Crippen molar-refractivity contribution in [1.29, 1.82) is 0 Å². The summed E-state index contributed by atoms with van der Waals surface area (Å²) in [5.41, 5.74) is 2.08. The van der Waals surface area contributed by atoms with Gasteiger partial charge in [0.2, 0.25) is 5.82 Å². The summed E-state index contributed by atoms with van der Waals surface area (Å²) >= 11 is 6.11. The van der Waals surface area contributed by atoms with E-state index in [-0.39, 0.29) is 18.6 Å². The summed E-state index contributed by atoms with van der Waals surface area (Å²) in [6.45, 7) is 4.33. The van der Waals surface area contributed by atoms with Gasteiger partial charge in [0.05, 0.1) is 23.3 Å². The van der Waals surface area contributed by atoms with Gasteiger partial charge in [-0.3, -0.25) is 0 Å². The zero-order chi connectivity index (χ0) is 19.2. The second-order valence-corrected chi connectivity index (χ2v) is 6.53. The van der Waals surface area contributed by atoms with E-state index in [0.29, 0.717) is 28.6 Å². The molecule has 6 nitrogen and oxygen atoms in total. The summed E-state index contributed by atoms with van der Waals surface area (Å²) in [6, 6.07) is 14.2. The monoisotopic (exact) mass is 386 g/mol. The van der Waals surface area contributed by atoms with E-state index in [0.717, 1.165) is 5.56 Å². The molecule has 0 saturated carbocycles. The maximum Gasteiger partial charge on any atom is 0.338 e. The SMILES string of the molecule is CC(C)OCc1ccc(C(=O)OCc2nc(-c3ccccc3Cl)no2)cc1. The Bertz CT molecular complexity index is 906. The zero-order valence-corrected chi connectivity index (χ0v) is 15.8. The maximum atomic E-state index is 12.2. The van der Waals surface area contributed by atoms with Crippen molar-refractivity contribution in [2.45, 2.75) is 33.2 Å². The first-order chi connectivity index (χ1) is 13.0. The number of hydrogen-bond donors (Lipinski definition) is 0. The minimum absolute atomic E-state index is 0.117. The quantitative estimate of drug-likeness (QED) is 0.549. The van der Waals surface area contributed by atoms with Crippen molar-refractivity contribution in [3.05, 3.63) is 70.6 Å². The number of hydrogen-bond acceptors (Lipinski definition) is 6. The Morgan fingerprint density at radius 1 is 1.11 bits per heavy atom. The van der Waals surface area contributed by atoms with Crippen molar-refractivity contribution in [2.24, 2.45) is 0 Å². The van der Waals surface area contributed by atoms with Crippen LogP contribution in [0.1, 0.15) is 35.7 Å². The van der Waals surface area contributed by atoms with Gasteiger partial charge in [-0.1, -0.05) is 41.0 Å². The molecule has 0 spiro atoms. The molecule has 0 atom stereocenters. The second kappa shape index (κ2) is 8.79. The molecule has 0 aliphatic carbocycles. The van der Waals surface area contributed by atoms with Crippen LogP contribution < -0.4 is 0 Å². The van der Waals surface area contributed by atoms with E-state index in [2.05, 4.69) is 10.1 Å². The molecule has 1 aromatic heterocycles. The molecule has 7 heteroatoms. The molecule has 1 heterocycles. The lowest BCUT2D eigenvalue weighted by atomic mass is 10.1. The Kier molecular flexibility index (Phi) is 6.21. The van der Waals surface area contributed by atoms with Crippen molar-refractivity contribution < 1.29 is 18.8 Å². The van der Waals surface area contributed by atoms with Crippen molar-refractivity contribution in [3.8, 4) is 11.4 Å². The van der Waals surface area contributed by atoms with Gasteiger partial charge in [-0.05, 0) is 43.7 Å². The molecule has 140 valence electrons. The van der Waals surface area contributed by atoms with E-state index in [9.17, 15) is 4.79 Å². The summed E-state index contributed by atoms with van der Waals surface area (Å²) in [4.78, 5) is 16.4. The molecule has 0 radical (unpaired) electrons. The molecule has 3 rings (SSSR count). The molecule has 0 saturated heterocycles. The third kappa shape index (κ3) is 5.15. The van der Waals surface area contributed by atoms with E-state index in [1.54, 1.807) is 24.3 Å². The molecule has 0 bridgehead atoms. The first-order valence-corrected chi connectivity index (χ1v) is 8.86. The van der Waals surface area contributed by atoms with Gasteiger partial charge in [-0.2, -0.15) is 4.98 Å². The largest absolute Gasteiger partial charge is 0.452 e. The van der Waals surface area contributed by atoms with Crippen LogP contribution in [0.2, 0.25) is 5.02 Å². The average Bonchev–Trinajstić information content (AvgIpc) is 3.14. The molecule has 0 unspecified atom stereocenters. The van der Waals surface area contributed by atoms with Gasteiger partial charge in [0.15, 0.2) is 6.61 Å². The summed E-state index contributed by atoms with van der Waals surface area (Å²) in [5.74, 6) is 0.0743. The number of carbonyl (C=O) groups is 1. The summed E-state index contributed by atoms with van der Waals surface area (Å²) < 4.78 is 15.9. The van der Waals surface area contributed by atoms with Crippen LogP contribution in [0, 0.1) is 0 Å². The first-order valence-electron chi connectivity index (χ1n) is 8.48. The van der Waals surface area contributed by atoms with Crippen LogP contribution in [-0.2, 0) is 22.7 Å². The lowest BCUT2D eigenvalue weighted by molar-refractivity contribution is 0.0429. The number of benzene rings is 2. The van der Waals surface area contributed by atoms with Gasteiger partial charge in [0.25, 0.3) is 5.89 Å². The number of aromatic nitrogens is 2. The normalized spacial score (nSPS) is 11.0. The van der Waals surface area contributed by atoms with Crippen LogP contribution in [0.3, 0.4) is 0 Å². The van der Waals surface area contributed by atoms with Crippen molar-refractivity contribution in [2.75, 3.05) is 0 Å². The lowest BCUT2D eigenvalue weighted by Crippen LogP contribution is -2.06. The minimum Gasteiger partial charge on any atom is -0.452 e. The number of ether oxygens (including phenoxy) is 2. The van der Waals surface area contributed by atoms with Gasteiger partial charge in [-0.15, -0.1) is 0 Å². The second-order valence-electron chi connectivity index (χ2n) is 6.12. The molecular weight excluding hydrogens is 368 g/mol. The van der Waals surface area contributed by atoms with Crippen LogP contribution in [0.4, 0.5) is 0 Å². The highest BCUT2D eigenvalue weighted by Crippen LogP contribution is 2.25. The topological polar surface area (TPSA) is 74.5 Å². The number of carbonyl (C=O) groups excluding carboxylic acids is 1. The van der Waals surface area contributed by atoms with Crippen molar-refractivity contribution in [1.82, 2.24) is 10.1 Å². The summed E-state index contributed by atoms with van der Waals surface area (Å²) in [5, 5.41) is 4.39. The summed E-state index contributed by atoms with van der Waals surface area (Å²) in [7, 11) is 0. The van der Waals surface area contributed by atoms with Crippen molar-refractivity contribution in [3.63, 3.8) is 0 Å². The van der Waals surface area contributed by atoms with Gasteiger partial charge in [0.1, 0.15) is 0 Å². The Balaban J connectivity index is 1.57. The Labute approximate surface area is 162 Å². The molecule has 0 amide bonds. The van der Waals surface area contributed by atoms with E-state index in [4.69, 9.17) is 25.6 Å². The Morgan fingerprint density at radius 3 is 2.56 bits per heavy atom. The van der Waals surface area contributed by atoms with Crippen LogP contribution in [-0.4, -0.2) is 22.2 Å². The van der Waals surface area contributed by atoms with Crippen LogP contribution in [0.5, 0.6) is 0 Å². The van der Waals surface area contributed by atoms with Crippen LogP contribution in [0.15, 0.2) is 53.1 Å². The number of halogens is 1. The standard InChI is InChI=1S/C20H19ClN2O4/c1-13(2)25-11-14-7-9-15(10-8-14)20(24)26-12-18-22-19(23-27-18)16-5-3-4-6-17(16)21/h3-10,13H,11-12H2,1-2H3. The molecule has 0 N–H and O–H groups in total. The van der Waals surface area contributed by atoms with Gasteiger partial charge < -0.3 is 14.0 Å². The van der Waals surface area contributed by atoms with E-state index in [1.165, 1.54) is 0 Å². The maximum absolute atomic E-state index is 12.2. The minimum atomic E-state index is -0.469. The number of esters is 1. The lowest BCUT2D eigenvalue weighted by Gasteiger charge is -2.08. The molecule has 27 heavy (non-hydrogen) atoms. The summed E-state index contributed by atoms with van der Waals surface area (Å²) in [6.07, 6.45) is 0.153. The molecule has 3 aromatic rings. The Hall–Kier alpha value is -2.70. The third-order valence-corrected chi connectivity index (χ3v) is 4.01. The molecule has 0 fully saturated rings. The molecule has 2 aromatic carbocycles. The van der Waals surface area contributed by atoms with Gasteiger partial charge >= 0.3 is 5.97 Å². The highest BCUT2D eigenvalue weighted by atomic mass is 35.5. The van der Waals surface area contributed by atoms with E-state index < -0.39 is 5.97 Å². The predicted molar refractivity (Wildman–Crippen MR) is 100 cm³/mol. The van der Waals surface area contributed by atoms with Crippen LogP contribution >= 0.6 is 11.6 Å². The van der Waals surface area contributed by atoms with Crippen LogP contribution in [0.25, 0.3) is 11.4 Å². The fraction of sp³-hybridized carbons (Fsp3) is 0.250. The molecular formula is C20H19ClN2O4. The van der Waals surface area contributed by atoms with Gasteiger partial charge in [0, 0.05) is 5.56 Å². The molecule has 0 aliphatic heterocycles. The van der Waals surface area contributed by atoms with Gasteiger partial charge in [-0.25, -0.2) is 4.79 Å². The van der Waals surface area contributed by atoms with E-state index >= 15 is 0 Å². The number of nitrogens with zero attached hydrogens (tertiary/aromatic N) is 2. The molecule has 0 aliphatic rings. The zero-order valence-electron chi connectivity index (χ0n) is 15.0. The highest BCUT2D eigenvalue weighted by molar-refractivity contribution is 6.33. The smallest absolute Gasteiger partial charge is 0.338 e. The Morgan fingerprint density at radius 2 is 1.85 bits per heavy atom. The average molecular weight is 387 g/mol. The fourth-order valence-electron chi connectivity index (χ4n) is 2.28. The third-order valence-electron chi connectivity index (χ3n) is 3.68. The highest BCUT2D eigenvalue weighted by Gasteiger charge is 2.14. The number of rotatable bonds is 7. The van der Waals surface area contributed by atoms with Crippen molar-refractivity contribution >= 4 is 17.6 Å². The van der Waals surface area contributed by atoms with E-state index in [1.807, 2.05) is 38.1 Å².